The highest BCUT2D eigenvalue weighted by molar-refractivity contribution is 6.30. The van der Waals surface area contributed by atoms with Crippen molar-refractivity contribution in [1.29, 1.82) is 0 Å². The molecule has 1 saturated carbocycles. The van der Waals surface area contributed by atoms with E-state index in [2.05, 4.69) is 17.5 Å². The van der Waals surface area contributed by atoms with Gasteiger partial charge < -0.3 is 5.32 Å². The van der Waals surface area contributed by atoms with Crippen LogP contribution in [0.4, 0.5) is 5.69 Å². The van der Waals surface area contributed by atoms with Crippen LogP contribution < -0.4 is 5.32 Å². The number of halogens is 1. The largest absolute Gasteiger partial charge is 0.326 e. The Morgan fingerprint density at radius 1 is 1.00 bits per heavy atom. The number of aryl methyl sites for hydroxylation is 1. The van der Waals surface area contributed by atoms with Crippen LogP contribution in [0.2, 0.25) is 5.02 Å². The van der Waals surface area contributed by atoms with E-state index in [4.69, 9.17) is 11.6 Å². The maximum Gasteiger partial charge on any atom is 0.234 e. The van der Waals surface area contributed by atoms with Crippen LogP contribution in [0, 0.1) is 30.6 Å². The molecule has 1 N–H and O–H groups in total. The molecule has 5 unspecified atom stereocenters. The predicted molar refractivity (Wildman–Crippen MR) is 118 cm³/mol. The molecule has 2 aromatic carbocycles. The molecule has 1 saturated heterocycles. The number of anilines is 1. The van der Waals surface area contributed by atoms with Crippen molar-refractivity contribution >= 4 is 35.0 Å². The molecule has 0 aromatic heterocycles. The highest BCUT2D eigenvalue weighted by atomic mass is 35.5. The van der Waals surface area contributed by atoms with Crippen molar-refractivity contribution < 1.29 is 14.4 Å². The predicted octanol–water partition coefficient (Wildman–Crippen LogP) is 4.53. The summed E-state index contributed by atoms with van der Waals surface area (Å²) in [4.78, 5) is 41.0. The van der Waals surface area contributed by atoms with E-state index in [1.165, 1.54) is 4.90 Å². The molecule has 158 valence electrons. The molecule has 5 rings (SSSR count). The first-order valence-corrected chi connectivity index (χ1v) is 11.0. The van der Waals surface area contributed by atoms with E-state index in [0.717, 1.165) is 17.5 Å². The minimum atomic E-state index is -0.660. The molecule has 0 radical (unpaired) electrons. The summed E-state index contributed by atoms with van der Waals surface area (Å²) in [7, 11) is 0. The fraction of sp³-hybridized carbons (Fsp3) is 0.320. The molecule has 3 amide bonds. The molecule has 1 heterocycles. The Balaban J connectivity index is 1.43. The molecule has 2 bridgehead atoms. The standard InChI is InChI=1S/C25H23ClN2O3/c1-14-2-10-19(11-3-14)27-21(29)13-20(15-6-8-18(26)9-7-15)28-24(30)22-16-4-5-17(12-16)23(22)25(28)31/h2-11,16-17,20,22-23H,12-13H2,1H3,(H,27,29). The number of hydrogen-bond donors (Lipinski definition) is 1. The number of benzene rings is 2. The molecular weight excluding hydrogens is 412 g/mol. The second-order valence-corrected chi connectivity index (χ2v) is 9.17. The van der Waals surface area contributed by atoms with Crippen LogP contribution in [-0.2, 0) is 14.4 Å². The van der Waals surface area contributed by atoms with E-state index in [9.17, 15) is 14.4 Å². The maximum absolute atomic E-state index is 13.4. The van der Waals surface area contributed by atoms with Gasteiger partial charge in [-0.05, 0) is 55.0 Å². The molecule has 2 fully saturated rings. The highest BCUT2D eigenvalue weighted by Gasteiger charge is 2.60. The normalized spacial score (nSPS) is 27.0. The number of carbonyl (C=O) groups excluding carboxylic acids is 3. The number of imide groups is 1. The van der Waals surface area contributed by atoms with Gasteiger partial charge in [-0.25, -0.2) is 0 Å². The Kier molecular flexibility index (Phi) is 4.94. The van der Waals surface area contributed by atoms with Crippen LogP contribution >= 0.6 is 11.6 Å². The number of nitrogens with one attached hydrogen (secondary N) is 1. The number of hydrogen-bond acceptors (Lipinski definition) is 3. The van der Waals surface area contributed by atoms with Crippen LogP contribution in [0.5, 0.6) is 0 Å². The van der Waals surface area contributed by atoms with Crippen molar-refractivity contribution in [3.63, 3.8) is 0 Å². The van der Waals surface area contributed by atoms with Gasteiger partial charge in [0.15, 0.2) is 0 Å². The second-order valence-electron chi connectivity index (χ2n) is 8.73. The summed E-state index contributed by atoms with van der Waals surface area (Å²) >= 11 is 6.05. The smallest absolute Gasteiger partial charge is 0.234 e. The zero-order valence-electron chi connectivity index (χ0n) is 17.1. The molecule has 3 aliphatic rings. The Morgan fingerprint density at radius 2 is 1.58 bits per heavy atom. The molecule has 5 atom stereocenters. The topological polar surface area (TPSA) is 66.5 Å². The number of nitrogens with zero attached hydrogens (tertiary/aromatic N) is 1. The van der Waals surface area contributed by atoms with Gasteiger partial charge in [-0.1, -0.05) is 53.6 Å². The van der Waals surface area contributed by atoms with E-state index in [0.29, 0.717) is 10.7 Å². The van der Waals surface area contributed by atoms with Gasteiger partial charge in [-0.3, -0.25) is 19.3 Å². The number of likely N-dealkylation sites (tertiary alicyclic amines) is 1. The van der Waals surface area contributed by atoms with Gasteiger partial charge in [-0.2, -0.15) is 0 Å². The summed E-state index contributed by atoms with van der Waals surface area (Å²) in [5.41, 5.74) is 2.51. The van der Waals surface area contributed by atoms with Crippen molar-refractivity contribution in [3.8, 4) is 0 Å². The minimum absolute atomic E-state index is 0.00477. The van der Waals surface area contributed by atoms with Gasteiger partial charge in [0.25, 0.3) is 0 Å². The van der Waals surface area contributed by atoms with Crippen LogP contribution in [0.3, 0.4) is 0 Å². The van der Waals surface area contributed by atoms with Crippen LogP contribution in [0.15, 0.2) is 60.7 Å². The van der Waals surface area contributed by atoms with E-state index >= 15 is 0 Å². The summed E-state index contributed by atoms with van der Waals surface area (Å²) in [6, 6.07) is 13.9. The average Bonchev–Trinajstić information content (AvgIpc) is 3.43. The lowest BCUT2D eigenvalue weighted by molar-refractivity contribution is -0.144. The van der Waals surface area contributed by atoms with Crippen molar-refractivity contribution in [3.05, 3.63) is 76.8 Å². The molecular formula is C25H23ClN2O3. The number of carbonyl (C=O) groups is 3. The first kappa shape index (κ1) is 20.0. The van der Waals surface area contributed by atoms with E-state index < -0.39 is 6.04 Å². The van der Waals surface area contributed by atoms with Crippen LogP contribution in [0.1, 0.15) is 30.0 Å². The Morgan fingerprint density at radius 3 is 2.16 bits per heavy atom. The lowest BCUT2D eigenvalue weighted by Gasteiger charge is -2.28. The summed E-state index contributed by atoms with van der Waals surface area (Å²) in [5, 5.41) is 3.45. The van der Waals surface area contributed by atoms with Crippen molar-refractivity contribution in [1.82, 2.24) is 4.90 Å². The van der Waals surface area contributed by atoms with Crippen LogP contribution in [0.25, 0.3) is 0 Å². The van der Waals surface area contributed by atoms with Gasteiger partial charge in [0.2, 0.25) is 17.7 Å². The summed E-state index contributed by atoms with van der Waals surface area (Å²) in [6.45, 7) is 1.98. The monoisotopic (exact) mass is 434 g/mol. The highest BCUT2D eigenvalue weighted by Crippen LogP contribution is 2.54. The molecule has 1 aliphatic heterocycles. The third kappa shape index (κ3) is 3.47. The summed E-state index contributed by atoms with van der Waals surface area (Å²) < 4.78 is 0. The number of fused-ring (bicyclic) bond motifs is 5. The van der Waals surface area contributed by atoms with E-state index in [-0.39, 0.29) is 47.8 Å². The maximum atomic E-state index is 13.4. The van der Waals surface area contributed by atoms with Crippen LogP contribution in [-0.4, -0.2) is 22.6 Å². The lowest BCUT2D eigenvalue weighted by Crippen LogP contribution is -2.38. The zero-order chi connectivity index (χ0) is 21.7. The minimum Gasteiger partial charge on any atom is -0.326 e. The molecule has 0 spiro atoms. The Labute approximate surface area is 186 Å². The number of allylic oxidation sites excluding steroid dienone is 2. The molecule has 5 nitrogen and oxygen atoms in total. The van der Waals surface area contributed by atoms with Gasteiger partial charge in [0.05, 0.1) is 24.3 Å². The number of amides is 3. The third-order valence-electron chi connectivity index (χ3n) is 6.78. The first-order valence-electron chi connectivity index (χ1n) is 10.6. The molecule has 2 aliphatic carbocycles. The quantitative estimate of drug-likeness (QED) is 0.555. The van der Waals surface area contributed by atoms with Gasteiger partial charge >= 0.3 is 0 Å². The Bertz CT molecular complexity index is 1050. The van der Waals surface area contributed by atoms with Gasteiger partial charge in [0.1, 0.15) is 0 Å². The van der Waals surface area contributed by atoms with Crippen molar-refractivity contribution in [2.75, 3.05) is 5.32 Å². The van der Waals surface area contributed by atoms with Crippen molar-refractivity contribution in [2.24, 2.45) is 23.7 Å². The van der Waals surface area contributed by atoms with Crippen molar-refractivity contribution in [2.45, 2.75) is 25.8 Å². The first-order chi connectivity index (χ1) is 14.9. The van der Waals surface area contributed by atoms with Gasteiger partial charge in [0, 0.05) is 10.7 Å². The van der Waals surface area contributed by atoms with E-state index in [1.54, 1.807) is 24.3 Å². The second kappa shape index (κ2) is 7.65. The van der Waals surface area contributed by atoms with E-state index in [1.807, 2.05) is 31.2 Å². The third-order valence-corrected chi connectivity index (χ3v) is 7.04. The average molecular weight is 435 g/mol. The number of rotatable bonds is 5. The fourth-order valence-electron chi connectivity index (χ4n) is 5.30. The summed E-state index contributed by atoms with van der Waals surface area (Å²) in [6.07, 6.45) is 5.01. The zero-order valence-corrected chi connectivity index (χ0v) is 17.9. The summed E-state index contributed by atoms with van der Waals surface area (Å²) in [5.74, 6) is -0.894. The molecule has 31 heavy (non-hydrogen) atoms. The van der Waals surface area contributed by atoms with Gasteiger partial charge in [-0.15, -0.1) is 0 Å². The molecule has 2 aromatic rings. The SMILES string of the molecule is Cc1ccc(NC(=O)CC(c2ccc(Cl)cc2)N2C(=O)C3C4C=CC(C4)C3C2=O)cc1. The molecule has 6 heteroatoms. The fourth-order valence-corrected chi connectivity index (χ4v) is 5.43. The lowest BCUT2D eigenvalue weighted by atomic mass is 9.85. The Hall–Kier alpha value is -2.92.